The lowest BCUT2D eigenvalue weighted by Crippen LogP contribution is -2.33. The van der Waals surface area contributed by atoms with Gasteiger partial charge in [-0.2, -0.15) is 4.98 Å². The Morgan fingerprint density at radius 3 is 2.50 bits per heavy atom. The molecule has 0 aliphatic carbocycles. The minimum absolute atomic E-state index is 0.0800. The number of carbonyl (C=O) groups is 1. The van der Waals surface area contributed by atoms with Crippen LogP contribution in [-0.2, 0) is 22.8 Å². The summed E-state index contributed by atoms with van der Waals surface area (Å²) in [6.07, 6.45) is 2.52. The van der Waals surface area contributed by atoms with Crippen molar-refractivity contribution < 1.29 is 22.3 Å². The zero-order valence-electron chi connectivity index (χ0n) is 20.8. The molecule has 0 unspecified atom stereocenters. The van der Waals surface area contributed by atoms with E-state index in [1.165, 1.54) is 17.1 Å². The quantitative estimate of drug-likeness (QED) is 0.418. The number of hydrogen-bond donors (Lipinski definition) is 1. The van der Waals surface area contributed by atoms with Crippen LogP contribution < -0.4 is 10.4 Å². The number of ether oxygens (including phenoxy) is 1. The van der Waals surface area contributed by atoms with E-state index in [2.05, 4.69) is 10.1 Å². The zero-order valence-corrected chi connectivity index (χ0v) is 21.6. The van der Waals surface area contributed by atoms with E-state index in [9.17, 15) is 18.0 Å². The molecule has 2 heterocycles. The predicted molar refractivity (Wildman–Crippen MR) is 139 cm³/mol. The van der Waals surface area contributed by atoms with E-state index in [0.29, 0.717) is 12.3 Å². The van der Waals surface area contributed by atoms with E-state index < -0.39 is 26.2 Å². The minimum atomic E-state index is -3.77. The molecule has 1 aliphatic heterocycles. The Morgan fingerprint density at radius 1 is 1.11 bits per heavy atom. The molecule has 1 aromatic heterocycles. The van der Waals surface area contributed by atoms with Crippen molar-refractivity contribution in [3.05, 3.63) is 93.9 Å². The number of amides is 1. The zero-order chi connectivity index (χ0) is 27.0. The van der Waals surface area contributed by atoms with E-state index in [0.717, 1.165) is 34.7 Å². The molecule has 0 spiro atoms. The third kappa shape index (κ3) is 4.84. The van der Waals surface area contributed by atoms with Crippen molar-refractivity contribution in [1.82, 2.24) is 19.7 Å². The van der Waals surface area contributed by atoms with Crippen LogP contribution in [0.4, 0.5) is 4.39 Å². The van der Waals surface area contributed by atoms with E-state index in [1.54, 1.807) is 11.8 Å². The molecule has 38 heavy (non-hydrogen) atoms. The van der Waals surface area contributed by atoms with Gasteiger partial charge >= 0.3 is 5.69 Å². The van der Waals surface area contributed by atoms with Crippen molar-refractivity contribution in [3.63, 3.8) is 0 Å². The molecule has 5 rings (SSSR count). The molecule has 0 radical (unpaired) electrons. The van der Waals surface area contributed by atoms with Crippen molar-refractivity contribution >= 4 is 15.7 Å². The lowest BCUT2D eigenvalue weighted by Gasteiger charge is -2.22. The Kier molecular flexibility index (Phi) is 6.62. The van der Waals surface area contributed by atoms with E-state index >= 15 is 4.39 Å². The first kappa shape index (κ1) is 25.4. The van der Waals surface area contributed by atoms with Gasteiger partial charge in [0.15, 0.2) is 9.84 Å². The van der Waals surface area contributed by atoms with Gasteiger partial charge in [0.05, 0.1) is 12.2 Å². The smallest absolute Gasteiger partial charge is 0.361 e. The number of rotatable bonds is 5. The summed E-state index contributed by atoms with van der Waals surface area (Å²) in [5, 5.41) is 2.59. The Hall–Kier alpha value is -4.25. The van der Waals surface area contributed by atoms with E-state index in [4.69, 9.17) is 4.74 Å². The molecule has 1 N–H and O–H groups in total. The van der Waals surface area contributed by atoms with Crippen LogP contribution in [0.15, 0.2) is 70.6 Å². The highest BCUT2D eigenvalue weighted by atomic mass is 32.2. The summed E-state index contributed by atoms with van der Waals surface area (Å²) >= 11 is 0. The van der Waals surface area contributed by atoms with Crippen LogP contribution in [0.5, 0.6) is 5.75 Å². The molecule has 0 saturated heterocycles. The number of nitrogens with one attached hydrogen (secondary N) is 1. The summed E-state index contributed by atoms with van der Waals surface area (Å²) in [6.45, 7) is 2.49. The molecule has 9 nitrogen and oxygen atoms in total. The van der Waals surface area contributed by atoms with Crippen LogP contribution >= 0.6 is 0 Å². The molecule has 0 atom stereocenters. The van der Waals surface area contributed by atoms with Gasteiger partial charge < -0.3 is 9.64 Å². The molecular weight excluding hydrogens is 511 g/mol. The molecule has 11 heteroatoms. The first-order valence-corrected chi connectivity index (χ1v) is 13.9. The van der Waals surface area contributed by atoms with Crippen LogP contribution in [0.25, 0.3) is 16.8 Å². The second-order valence-electron chi connectivity index (χ2n) is 9.01. The van der Waals surface area contributed by atoms with Crippen molar-refractivity contribution in [3.8, 4) is 22.6 Å². The van der Waals surface area contributed by atoms with E-state index in [1.807, 2.05) is 42.5 Å². The number of halogens is 1. The fraction of sp³-hybridized carbons (Fsp3) is 0.222. The normalized spacial score (nSPS) is 13.5. The second kappa shape index (κ2) is 9.90. The number of sulfone groups is 1. The van der Waals surface area contributed by atoms with Crippen LogP contribution in [0.1, 0.15) is 28.4 Å². The maximum atomic E-state index is 15.1. The van der Waals surface area contributed by atoms with E-state index in [-0.39, 0.29) is 36.6 Å². The summed E-state index contributed by atoms with van der Waals surface area (Å²) in [6, 6.07) is 15.8. The standard InChI is InChI=1S/C27H25FN4O5S/c1-3-21-22(9-11-24(25(21)28)38(2,35)36)26(33)31-12-13-37-23-10-6-18(14-19(23)15-31)17-4-7-20(8-5-17)32-16-29-27(34)30-32/h4-11,14,16H,3,12-13,15H2,1-2H3,(H,30,34). The Labute approximate surface area is 218 Å². The summed E-state index contributed by atoms with van der Waals surface area (Å²) < 4.78 is 46.4. The van der Waals surface area contributed by atoms with Gasteiger partial charge in [0, 0.05) is 29.5 Å². The highest BCUT2D eigenvalue weighted by Crippen LogP contribution is 2.31. The van der Waals surface area contributed by atoms with Crippen molar-refractivity contribution in [2.75, 3.05) is 19.4 Å². The van der Waals surface area contributed by atoms with Gasteiger partial charge in [0.1, 0.15) is 29.4 Å². The first-order chi connectivity index (χ1) is 18.2. The Morgan fingerprint density at radius 2 is 1.84 bits per heavy atom. The number of fused-ring (bicyclic) bond motifs is 1. The van der Waals surface area contributed by atoms with Gasteiger partial charge in [-0.25, -0.2) is 27.4 Å². The monoisotopic (exact) mass is 536 g/mol. The molecule has 1 aliphatic rings. The number of nitrogens with zero attached hydrogens (tertiary/aromatic N) is 3. The van der Waals surface area contributed by atoms with Crippen LogP contribution in [-0.4, -0.2) is 53.4 Å². The summed E-state index contributed by atoms with van der Waals surface area (Å²) in [7, 11) is -3.77. The van der Waals surface area contributed by atoms with Gasteiger partial charge in [-0.3, -0.25) is 4.79 Å². The van der Waals surface area contributed by atoms with Crippen LogP contribution in [0.3, 0.4) is 0 Å². The molecule has 0 bridgehead atoms. The molecule has 0 saturated carbocycles. The van der Waals surface area contributed by atoms with Gasteiger partial charge in [0.2, 0.25) is 0 Å². The Balaban J connectivity index is 1.43. The number of H-pyrrole nitrogens is 1. The fourth-order valence-electron chi connectivity index (χ4n) is 4.57. The average Bonchev–Trinajstić information content (AvgIpc) is 3.21. The lowest BCUT2D eigenvalue weighted by molar-refractivity contribution is 0.0731. The lowest BCUT2D eigenvalue weighted by atomic mass is 10.0. The first-order valence-electron chi connectivity index (χ1n) is 12.0. The topological polar surface area (TPSA) is 114 Å². The third-order valence-corrected chi connectivity index (χ3v) is 7.62. The highest BCUT2D eigenvalue weighted by Gasteiger charge is 2.27. The molecule has 0 fully saturated rings. The molecule has 3 aromatic carbocycles. The van der Waals surface area contributed by atoms with Gasteiger partial charge in [-0.1, -0.05) is 25.1 Å². The number of carbonyl (C=O) groups excluding carboxylic acids is 1. The maximum Gasteiger partial charge on any atom is 0.361 e. The van der Waals surface area contributed by atoms with Crippen LogP contribution in [0, 0.1) is 5.82 Å². The third-order valence-electron chi connectivity index (χ3n) is 6.50. The summed E-state index contributed by atoms with van der Waals surface area (Å²) in [4.78, 5) is 29.7. The minimum Gasteiger partial charge on any atom is -0.491 e. The second-order valence-corrected chi connectivity index (χ2v) is 11.0. The van der Waals surface area contributed by atoms with Gasteiger partial charge in [-0.15, -0.1) is 0 Å². The molecule has 1 amide bonds. The number of benzene rings is 3. The fourth-order valence-corrected chi connectivity index (χ4v) is 5.33. The molecular formula is C27H25FN4O5S. The Bertz CT molecular complexity index is 1690. The summed E-state index contributed by atoms with van der Waals surface area (Å²) in [5.41, 5.74) is 3.17. The highest BCUT2D eigenvalue weighted by molar-refractivity contribution is 7.90. The summed E-state index contributed by atoms with van der Waals surface area (Å²) in [5.74, 6) is -0.606. The van der Waals surface area contributed by atoms with Gasteiger partial charge in [-0.05, 0) is 53.9 Å². The largest absolute Gasteiger partial charge is 0.491 e. The number of hydrogen-bond acceptors (Lipinski definition) is 6. The average molecular weight is 537 g/mol. The van der Waals surface area contributed by atoms with Crippen molar-refractivity contribution in [2.45, 2.75) is 24.8 Å². The van der Waals surface area contributed by atoms with Gasteiger partial charge in [0.25, 0.3) is 5.91 Å². The molecule has 4 aromatic rings. The SMILES string of the molecule is CCc1c(C(=O)N2CCOc3ccc(-c4ccc(-n5cnc(=O)[nH]5)cc4)cc3C2)ccc(S(C)(=O)=O)c1F. The number of aromatic nitrogens is 3. The van der Waals surface area contributed by atoms with Crippen molar-refractivity contribution in [2.24, 2.45) is 0 Å². The number of aromatic amines is 1. The maximum absolute atomic E-state index is 15.1. The van der Waals surface area contributed by atoms with Crippen LogP contribution in [0.2, 0.25) is 0 Å². The predicted octanol–water partition coefficient (Wildman–Crippen LogP) is 3.37. The van der Waals surface area contributed by atoms with Crippen molar-refractivity contribution in [1.29, 1.82) is 0 Å². The molecule has 196 valence electrons.